The molecule has 4 rings (SSSR count). The number of aliphatic imine (C=N–C) groups is 1. The van der Waals surface area contributed by atoms with E-state index in [1.165, 1.54) is 16.7 Å². The van der Waals surface area contributed by atoms with Crippen molar-refractivity contribution in [2.24, 2.45) is 4.99 Å². The lowest BCUT2D eigenvalue weighted by atomic mass is 9.89. The maximum atomic E-state index is 6.11. The van der Waals surface area contributed by atoms with Gasteiger partial charge in [-0.2, -0.15) is 0 Å². The minimum atomic E-state index is -0.130. The number of nitrogens with zero attached hydrogens (tertiary/aromatic N) is 1. The van der Waals surface area contributed by atoms with Crippen molar-refractivity contribution in [2.45, 2.75) is 4.75 Å². The molecule has 0 fully saturated rings. The first-order valence-electron chi connectivity index (χ1n) is 7.97. The van der Waals surface area contributed by atoms with Gasteiger partial charge in [-0.15, -0.1) is 0 Å². The van der Waals surface area contributed by atoms with Gasteiger partial charge in [-0.05, 0) is 35.4 Å². The predicted molar refractivity (Wildman–Crippen MR) is 118 cm³/mol. The van der Waals surface area contributed by atoms with Gasteiger partial charge in [-0.1, -0.05) is 101 Å². The van der Waals surface area contributed by atoms with Crippen molar-refractivity contribution >= 4 is 56.7 Å². The number of para-hydroxylation sites is 1. The molecule has 1 unspecified atom stereocenters. The maximum Gasteiger partial charge on any atom is 0.105 e. The molecule has 1 aliphatic heterocycles. The van der Waals surface area contributed by atoms with Crippen LogP contribution in [0.1, 0.15) is 16.7 Å². The molecule has 3 aromatic rings. The lowest BCUT2D eigenvalue weighted by Crippen LogP contribution is -2.22. The summed E-state index contributed by atoms with van der Waals surface area (Å²) in [5, 5.41) is 1.84. The van der Waals surface area contributed by atoms with Crippen molar-refractivity contribution in [3.8, 4) is 0 Å². The fourth-order valence-corrected chi connectivity index (χ4v) is 5.92. The molecule has 0 N–H and O–H groups in total. The van der Waals surface area contributed by atoms with Crippen LogP contribution in [0.2, 0.25) is 5.02 Å². The molecule has 1 nitrogen and oxygen atoms in total. The third kappa shape index (κ3) is 3.14. The van der Waals surface area contributed by atoms with Crippen molar-refractivity contribution in [3.05, 3.63) is 101 Å². The fourth-order valence-electron chi connectivity index (χ4n) is 3.11. The van der Waals surface area contributed by atoms with Gasteiger partial charge in [0.2, 0.25) is 0 Å². The lowest BCUT2D eigenvalue weighted by molar-refractivity contribution is 0.879. The Bertz CT molecular complexity index is 924. The van der Waals surface area contributed by atoms with E-state index in [0.717, 1.165) is 20.2 Å². The van der Waals surface area contributed by atoms with E-state index in [1.807, 2.05) is 54.2 Å². The van der Waals surface area contributed by atoms with Crippen LogP contribution in [0.15, 0.2) is 83.9 Å². The van der Waals surface area contributed by atoms with E-state index in [2.05, 4.69) is 59.0 Å². The summed E-state index contributed by atoms with van der Waals surface area (Å²) in [7, 11) is 0. The van der Waals surface area contributed by atoms with Crippen LogP contribution in [0, 0.1) is 0 Å². The molecular formula is C21H15ClINS. The SMILES string of the molecule is Clc1ccc(C2(CI)SC(=Nc3ccccc3)c3ccccc32)cc1. The molecule has 4 heteroatoms. The van der Waals surface area contributed by atoms with E-state index in [9.17, 15) is 0 Å². The molecule has 0 spiro atoms. The van der Waals surface area contributed by atoms with Crippen molar-refractivity contribution in [1.29, 1.82) is 0 Å². The third-order valence-corrected chi connectivity index (χ3v) is 7.72. The number of rotatable bonds is 3. The number of thioether (sulfide) groups is 1. The average molecular weight is 476 g/mol. The van der Waals surface area contributed by atoms with Gasteiger partial charge in [0, 0.05) is 15.0 Å². The lowest BCUT2D eigenvalue weighted by Gasteiger charge is -2.27. The topological polar surface area (TPSA) is 12.4 Å². The standard InChI is InChI=1S/C21H15ClINS/c22-16-12-10-15(11-13-16)21(14-23)19-9-5-4-8-18(19)20(25-21)24-17-6-2-1-3-7-17/h1-13H,14H2. The Kier molecular flexibility index (Phi) is 4.89. The minimum Gasteiger partial charge on any atom is -0.241 e. The van der Waals surface area contributed by atoms with Crippen LogP contribution in [-0.2, 0) is 4.75 Å². The number of benzene rings is 3. The Morgan fingerprint density at radius 2 is 1.56 bits per heavy atom. The van der Waals surface area contributed by atoms with Gasteiger partial charge >= 0.3 is 0 Å². The van der Waals surface area contributed by atoms with Crippen LogP contribution in [0.5, 0.6) is 0 Å². The van der Waals surface area contributed by atoms with E-state index in [1.54, 1.807) is 0 Å². The predicted octanol–water partition coefficient (Wildman–Crippen LogP) is 6.84. The molecule has 0 aromatic heterocycles. The molecule has 0 amide bonds. The molecule has 1 heterocycles. The van der Waals surface area contributed by atoms with Crippen LogP contribution in [0.25, 0.3) is 0 Å². The second kappa shape index (κ2) is 7.14. The van der Waals surface area contributed by atoms with Crippen molar-refractivity contribution in [2.75, 3.05) is 4.43 Å². The molecule has 1 aliphatic rings. The van der Waals surface area contributed by atoms with Crippen LogP contribution >= 0.6 is 46.0 Å². The van der Waals surface area contributed by atoms with Crippen molar-refractivity contribution in [3.63, 3.8) is 0 Å². The summed E-state index contributed by atoms with van der Waals surface area (Å²) in [5.74, 6) is 0. The molecule has 0 bridgehead atoms. The molecule has 3 aromatic carbocycles. The van der Waals surface area contributed by atoms with E-state index in [4.69, 9.17) is 16.6 Å². The molecular weight excluding hydrogens is 461 g/mol. The Labute approximate surface area is 170 Å². The van der Waals surface area contributed by atoms with Crippen LogP contribution in [-0.4, -0.2) is 9.47 Å². The first-order valence-corrected chi connectivity index (χ1v) is 10.7. The molecule has 0 aliphatic carbocycles. The second-order valence-electron chi connectivity index (χ2n) is 5.87. The Balaban J connectivity index is 1.88. The molecule has 0 saturated carbocycles. The average Bonchev–Trinajstić information content (AvgIpc) is 2.98. The summed E-state index contributed by atoms with van der Waals surface area (Å²) in [6.45, 7) is 0. The molecule has 0 radical (unpaired) electrons. The number of alkyl halides is 1. The number of fused-ring (bicyclic) bond motifs is 1. The first-order chi connectivity index (χ1) is 12.2. The summed E-state index contributed by atoms with van der Waals surface area (Å²) in [6.07, 6.45) is 0. The van der Waals surface area contributed by atoms with Gasteiger partial charge in [0.1, 0.15) is 5.04 Å². The molecule has 0 saturated heterocycles. The Morgan fingerprint density at radius 1 is 0.880 bits per heavy atom. The minimum absolute atomic E-state index is 0.130. The zero-order valence-electron chi connectivity index (χ0n) is 13.3. The zero-order chi connectivity index (χ0) is 17.3. The normalized spacial score (nSPS) is 20.6. The maximum absolute atomic E-state index is 6.11. The Morgan fingerprint density at radius 3 is 2.28 bits per heavy atom. The molecule has 124 valence electrons. The smallest absolute Gasteiger partial charge is 0.105 e. The second-order valence-corrected chi connectivity index (χ2v) is 8.35. The largest absolute Gasteiger partial charge is 0.241 e. The van der Waals surface area contributed by atoms with Crippen LogP contribution < -0.4 is 0 Å². The van der Waals surface area contributed by atoms with Crippen LogP contribution in [0.4, 0.5) is 5.69 Å². The number of hydrogen-bond donors (Lipinski definition) is 0. The Hall–Kier alpha value is -1.30. The molecule has 25 heavy (non-hydrogen) atoms. The quantitative estimate of drug-likeness (QED) is 0.298. The highest BCUT2D eigenvalue weighted by molar-refractivity contribution is 14.1. The summed E-state index contributed by atoms with van der Waals surface area (Å²) >= 11 is 10.4. The van der Waals surface area contributed by atoms with Gasteiger partial charge in [0.05, 0.1) is 10.4 Å². The third-order valence-electron chi connectivity index (χ3n) is 4.35. The highest BCUT2D eigenvalue weighted by Gasteiger charge is 2.43. The van der Waals surface area contributed by atoms with Gasteiger partial charge in [-0.3, -0.25) is 0 Å². The van der Waals surface area contributed by atoms with Gasteiger partial charge in [0.25, 0.3) is 0 Å². The summed E-state index contributed by atoms with van der Waals surface area (Å²) in [5.41, 5.74) is 4.80. The fraction of sp³-hybridized carbons (Fsp3) is 0.0952. The van der Waals surface area contributed by atoms with E-state index < -0.39 is 0 Å². The zero-order valence-corrected chi connectivity index (χ0v) is 17.1. The molecule has 1 atom stereocenters. The van der Waals surface area contributed by atoms with Gasteiger partial charge in [0.15, 0.2) is 0 Å². The van der Waals surface area contributed by atoms with Gasteiger partial charge in [-0.25, -0.2) is 4.99 Å². The number of halogens is 2. The van der Waals surface area contributed by atoms with Crippen molar-refractivity contribution < 1.29 is 0 Å². The van der Waals surface area contributed by atoms with E-state index >= 15 is 0 Å². The summed E-state index contributed by atoms with van der Waals surface area (Å²) in [4.78, 5) is 4.94. The monoisotopic (exact) mass is 475 g/mol. The first kappa shape index (κ1) is 17.1. The van der Waals surface area contributed by atoms with Gasteiger partial charge < -0.3 is 0 Å². The number of hydrogen-bond acceptors (Lipinski definition) is 2. The van der Waals surface area contributed by atoms with E-state index in [0.29, 0.717) is 0 Å². The summed E-state index contributed by atoms with van der Waals surface area (Å²) < 4.78 is 0.831. The highest BCUT2D eigenvalue weighted by atomic mass is 127. The highest BCUT2D eigenvalue weighted by Crippen LogP contribution is 2.53. The van der Waals surface area contributed by atoms with E-state index in [-0.39, 0.29) is 4.75 Å². The van der Waals surface area contributed by atoms with Crippen LogP contribution in [0.3, 0.4) is 0 Å². The van der Waals surface area contributed by atoms with Crippen molar-refractivity contribution in [1.82, 2.24) is 0 Å². The summed E-state index contributed by atoms with van der Waals surface area (Å²) in [6, 6.07) is 27.0.